The lowest BCUT2D eigenvalue weighted by Gasteiger charge is -2.28. The first kappa shape index (κ1) is 19.4. The maximum atomic E-state index is 10.8. The molecule has 2 nitrogen and oxygen atoms in total. The van der Waals surface area contributed by atoms with E-state index in [4.69, 9.17) is 5.73 Å². The summed E-state index contributed by atoms with van der Waals surface area (Å²) in [7, 11) is 0. The molecule has 2 aromatic rings. The fraction of sp³-hybridized carbons (Fsp3) is 0.478. The van der Waals surface area contributed by atoms with Crippen molar-refractivity contribution in [3.8, 4) is 5.75 Å². The third-order valence-electron chi connectivity index (χ3n) is 4.88. The molecule has 136 valence electrons. The van der Waals surface area contributed by atoms with Crippen LogP contribution in [0.15, 0.2) is 30.3 Å². The fourth-order valence-corrected chi connectivity index (χ4v) is 3.22. The highest BCUT2D eigenvalue weighted by atomic mass is 16.3. The molecule has 0 aromatic heterocycles. The topological polar surface area (TPSA) is 46.2 Å². The number of benzene rings is 2. The second-order valence-corrected chi connectivity index (χ2v) is 9.19. The van der Waals surface area contributed by atoms with Gasteiger partial charge in [-0.15, -0.1) is 0 Å². The molecular formula is C23H33NO. The van der Waals surface area contributed by atoms with Crippen molar-refractivity contribution in [3.63, 3.8) is 0 Å². The van der Waals surface area contributed by atoms with Crippen molar-refractivity contribution < 1.29 is 5.11 Å². The van der Waals surface area contributed by atoms with Gasteiger partial charge in [-0.05, 0) is 58.4 Å². The van der Waals surface area contributed by atoms with Crippen LogP contribution in [0.5, 0.6) is 5.75 Å². The second-order valence-electron chi connectivity index (χ2n) is 9.19. The van der Waals surface area contributed by atoms with Crippen molar-refractivity contribution in [2.75, 3.05) is 5.73 Å². The number of nitrogen functional groups attached to an aromatic ring is 1. The van der Waals surface area contributed by atoms with Crippen molar-refractivity contribution in [3.05, 3.63) is 58.1 Å². The van der Waals surface area contributed by atoms with Gasteiger partial charge in [0.1, 0.15) is 5.75 Å². The molecule has 0 heterocycles. The van der Waals surface area contributed by atoms with Crippen molar-refractivity contribution in [1.29, 1.82) is 0 Å². The van der Waals surface area contributed by atoms with Crippen LogP contribution >= 0.6 is 0 Å². The van der Waals surface area contributed by atoms with Crippen LogP contribution in [0.25, 0.3) is 0 Å². The Labute approximate surface area is 153 Å². The van der Waals surface area contributed by atoms with Crippen LogP contribution < -0.4 is 5.73 Å². The molecule has 25 heavy (non-hydrogen) atoms. The molecule has 2 heteroatoms. The molecule has 0 fully saturated rings. The normalized spacial score (nSPS) is 12.4. The van der Waals surface area contributed by atoms with Crippen molar-refractivity contribution in [1.82, 2.24) is 0 Å². The van der Waals surface area contributed by atoms with E-state index in [1.807, 2.05) is 0 Å². The number of aryl methyl sites for hydroxylation is 3. The maximum absolute atomic E-state index is 10.8. The first-order valence-electron chi connectivity index (χ1n) is 9.12. The van der Waals surface area contributed by atoms with Crippen LogP contribution in [-0.4, -0.2) is 5.11 Å². The van der Waals surface area contributed by atoms with Crippen LogP contribution in [0.4, 0.5) is 5.69 Å². The molecule has 2 aromatic carbocycles. The molecule has 0 aliphatic heterocycles. The number of hydrogen-bond acceptors (Lipinski definition) is 2. The molecule has 0 aliphatic carbocycles. The van der Waals surface area contributed by atoms with Crippen molar-refractivity contribution in [2.45, 2.75) is 72.1 Å². The highest BCUT2D eigenvalue weighted by Crippen LogP contribution is 2.40. The summed E-state index contributed by atoms with van der Waals surface area (Å²) in [6.07, 6.45) is 1.82. The first-order chi connectivity index (χ1) is 11.4. The summed E-state index contributed by atoms with van der Waals surface area (Å²) in [5, 5.41) is 10.8. The summed E-state index contributed by atoms with van der Waals surface area (Å²) in [4.78, 5) is 0. The van der Waals surface area contributed by atoms with Gasteiger partial charge in [0.05, 0.1) is 0 Å². The zero-order chi connectivity index (χ0) is 19.0. The van der Waals surface area contributed by atoms with E-state index in [1.54, 1.807) is 0 Å². The fourth-order valence-electron chi connectivity index (χ4n) is 3.22. The SMILES string of the molecule is Cc1cccc(CCc2cc(C(C)(C)C)c(O)c(C(C)(C)C)c2)c1N. The molecule has 0 radical (unpaired) electrons. The summed E-state index contributed by atoms with van der Waals surface area (Å²) in [5.41, 5.74) is 12.6. The number of hydrogen-bond donors (Lipinski definition) is 2. The Morgan fingerprint density at radius 2 is 1.40 bits per heavy atom. The van der Waals surface area contributed by atoms with Crippen molar-refractivity contribution in [2.24, 2.45) is 0 Å². The van der Waals surface area contributed by atoms with Gasteiger partial charge in [-0.1, -0.05) is 71.9 Å². The third kappa shape index (κ3) is 4.36. The molecular weight excluding hydrogens is 306 g/mol. The summed E-state index contributed by atoms with van der Waals surface area (Å²) in [6, 6.07) is 10.6. The van der Waals surface area contributed by atoms with E-state index in [1.165, 1.54) is 11.1 Å². The zero-order valence-electron chi connectivity index (χ0n) is 16.8. The lowest BCUT2D eigenvalue weighted by atomic mass is 9.78. The van der Waals surface area contributed by atoms with Crippen LogP contribution in [0.1, 0.15) is 69.4 Å². The third-order valence-corrected chi connectivity index (χ3v) is 4.88. The van der Waals surface area contributed by atoms with Gasteiger partial charge in [0.2, 0.25) is 0 Å². The van der Waals surface area contributed by atoms with Gasteiger partial charge in [0.15, 0.2) is 0 Å². The number of para-hydroxylation sites is 1. The number of phenolic OH excluding ortho intramolecular Hbond substituents is 1. The number of anilines is 1. The van der Waals surface area contributed by atoms with E-state index in [9.17, 15) is 5.11 Å². The minimum absolute atomic E-state index is 0.0948. The summed E-state index contributed by atoms with van der Waals surface area (Å²) in [5.74, 6) is 0.443. The van der Waals surface area contributed by atoms with E-state index in [2.05, 4.69) is 78.8 Å². The number of phenols is 1. The Bertz CT molecular complexity index is 726. The number of nitrogens with two attached hydrogens (primary N) is 1. The molecule has 0 amide bonds. The average Bonchev–Trinajstić information content (AvgIpc) is 2.47. The van der Waals surface area contributed by atoms with E-state index in [-0.39, 0.29) is 10.8 Å². The first-order valence-corrected chi connectivity index (χ1v) is 9.12. The standard InChI is InChI=1S/C23H33NO/c1-15-9-8-10-17(20(15)24)12-11-16-13-18(22(2,3)4)21(25)19(14-16)23(5,6)7/h8-10,13-14,25H,11-12,24H2,1-7H3. The Kier molecular flexibility index (Phi) is 5.22. The molecule has 0 saturated heterocycles. The largest absolute Gasteiger partial charge is 0.507 e. The molecule has 0 aliphatic rings. The van der Waals surface area contributed by atoms with Crippen LogP contribution in [0.3, 0.4) is 0 Å². The molecule has 0 unspecified atom stereocenters. The van der Waals surface area contributed by atoms with Crippen LogP contribution in [-0.2, 0) is 23.7 Å². The predicted molar refractivity (Wildman–Crippen MR) is 109 cm³/mol. The molecule has 2 rings (SSSR count). The maximum Gasteiger partial charge on any atom is 0.123 e. The van der Waals surface area contributed by atoms with E-state index in [0.717, 1.165) is 35.2 Å². The van der Waals surface area contributed by atoms with E-state index in [0.29, 0.717) is 5.75 Å². The monoisotopic (exact) mass is 339 g/mol. The van der Waals surface area contributed by atoms with Gasteiger partial charge in [-0.25, -0.2) is 0 Å². The van der Waals surface area contributed by atoms with Gasteiger partial charge in [-0.3, -0.25) is 0 Å². The second kappa shape index (κ2) is 6.74. The summed E-state index contributed by atoms with van der Waals surface area (Å²) in [6.45, 7) is 14.9. The zero-order valence-corrected chi connectivity index (χ0v) is 16.8. The lowest BCUT2D eigenvalue weighted by molar-refractivity contribution is 0.422. The van der Waals surface area contributed by atoms with Gasteiger partial charge >= 0.3 is 0 Å². The highest BCUT2D eigenvalue weighted by molar-refractivity contribution is 5.54. The van der Waals surface area contributed by atoms with Gasteiger partial charge in [-0.2, -0.15) is 0 Å². The molecule has 0 saturated carbocycles. The highest BCUT2D eigenvalue weighted by Gasteiger charge is 2.26. The Morgan fingerprint density at radius 1 is 0.880 bits per heavy atom. The average molecular weight is 340 g/mol. The Morgan fingerprint density at radius 3 is 1.88 bits per heavy atom. The van der Waals surface area contributed by atoms with Gasteiger partial charge in [0.25, 0.3) is 0 Å². The van der Waals surface area contributed by atoms with E-state index >= 15 is 0 Å². The molecule has 0 bridgehead atoms. The van der Waals surface area contributed by atoms with Crippen LogP contribution in [0, 0.1) is 6.92 Å². The Hall–Kier alpha value is -1.96. The van der Waals surface area contributed by atoms with E-state index < -0.39 is 0 Å². The van der Waals surface area contributed by atoms with Crippen molar-refractivity contribution >= 4 is 5.69 Å². The minimum Gasteiger partial charge on any atom is -0.507 e. The quantitative estimate of drug-likeness (QED) is 0.708. The van der Waals surface area contributed by atoms with Crippen LogP contribution in [0.2, 0.25) is 0 Å². The smallest absolute Gasteiger partial charge is 0.123 e. The summed E-state index contributed by atoms with van der Waals surface area (Å²) >= 11 is 0. The molecule has 0 spiro atoms. The molecule has 3 N–H and O–H groups in total. The van der Waals surface area contributed by atoms with Gasteiger partial charge < -0.3 is 10.8 Å². The number of aromatic hydroxyl groups is 1. The summed E-state index contributed by atoms with van der Waals surface area (Å²) < 4.78 is 0. The lowest BCUT2D eigenvalue weighted by Crippen LogP contribution is -2.18. The molecule has 0 atom stereocenters. The Balaban J connectivity index is 2.42. The van der Waals surface area contributed by atoms with Gasteiger partial charge in [0, 0.05) is 5.69 Å². The number of rotatable bonds is 3. The minimum atomic E-state index is -0.0948. The predicted octanol–water partition coefficient (Wildman–Crippen LogP) is 5.66.